The van der Waals surface area contributed by atoms with Crippen LogP contribution < -0.4 is 11.1 Å². The lowest BCUT2D eigenvalue weighted by Gasteiger charge is -1.94. The number of aryl methyl sites for hydroxylation is 1. The number of H-pyrrole nitrogens is 1. The third-order valence-corrected chi connectivity index (χ3v) is 2.35. The Morgan fingerprint density at radius 2 is 2.46 bits per heavy atom. The fourth-order valence-corrected chi connectivity index (χ4v) is 1.60. The van der Waals surface area contributed by atoms with Gasteiger partial charge in [-0.1, -0.05) is 0 Å². The number of aromatic amines is 1. The van der Waals surface area contributed by atoms with E-state index < -0.39 is 0 Å². The molecule has 0 aliphatic rings. The highest BCUT2D eigenvalue weighted by molar-refractivity contribution is 7.10. The van der Waals surface area contributed by atoms with Crippen molar-refractivity contribution >= 4 is 28.9 Å². The first-order valence-corrected chi connectivity index (χ1v) is 4.62. The van der Waals surface area contributed by atoms with Gasteiger partial charge in [-0.25, -0.2) is 5.10 Å². The number of rotatable bonds is 2. The van der Waals surface area contributed by atoms with Gasteiger partial charge in [0.05, 0.1) is 5.69 Å². The summed E-state index contributed by atoms with van der Waals surface area (Å²) < 4.78 is 0. The SMILES string of the molecule is Cc1cc(Nc2n[nH]c(N)n2)cs1. The maximum absolute atomic E-state index is 5.37. The van der Waals surface area contributed by atoms with Gasteiger partial charge in [0.25, 0.3) is 0 Å². The molecule has 2 aromatic rings. The molecule has 4 N–H and O–H groups in total. The number of nitrogens with one attached hydrogen (secondary N) is 2. The lowest BCUT2D eigenvalue weighted by Crippen LogP contribution is -1.90. The molecule has 2 heterocycles. The van der Waals surface area contributed by atoms with Crippen LogP contribution in [0.3, 0.4) is 0 Å². The zero-order valence-corrected chi connectivity index (χ0v) is 7.85. The third kappa shape index (κ3) is 1.78. The summed E-state index contributed by atoms with van der Waals surface area (Å²) in [6.07, 6.45) is 0. The molecule has 0 saturated heterocycles. The van der Waals surface area contributed by atoms with Crippen LogP contribution in [-0.2, 0) is 0 Å². The molecule has 6 heteroatoms. The van der Waals surface area contributed by atoms with Gasteiger partial charge in [-0.3, -0.25) is 0 Å². The van der Waals surface area contributed by atoms with E-state index in [1.165, 1.54) is 4.88 Å². The van der Waals surface area contributed by atoms with Crippen molar-refractivity contribution in [1.29, 1.82) is 0 Å². The maximum atomic E-state index is 5.37. The van der Waals surface area contributed by atoms with Crippen LogP contribution >= 0.6 is 11.3 Å². The number of anilines is 3. The van der Waals surface area contributed by atoms with E-state index in [2.05, 4.69) is 20.5 Å². The molecule has 0 atom stereocenters. The van der Waals surface area contributed by atoms with Gasteiger partial charge in [0.2, 0.25) is 11.9 Å². The van der Waals surface area contributed by atoms with Crippen molar-refractivity contribution < 1.29 is 0 Å². The van der Waals surface area contributed by atoms with Crippen LogP contribution in [-0.4, -0.2) is 15.2 Å². The van der Waals surface area contributed by atoms with E-state index in [0.29, 0.717) is 11.9 Å². The van der Waals surface area contributed by atoms with Gasteiger partial charge in [-0.15, -0.1) is 16.4 Å². The number of nitrogens with zero attached hydrogens (tertiary/aromatic N) is 2. The Labute approximate surface area is 79.0 Å². The van der Waals surface area contributed by atoms with Gasteiger partial charge in [0.15, 0.2) is 0 Å². The van der Waals surface area contributed by atoms with Gasteiger partial charge in [-0.05, 0) is 13.0 Å². The molecule has 0 amide bonds. The second-order valence-electron chi connectivity index (χ2n) is 2.62. The molecule has 0 saturated carbocycles. The van der Waals surface area contributed by atoms with Crippen LogP contribution in [0.2, 0.25) is 0 Å². The van der Waals surface area contributed by atoms with E-state index in [0.717, 1.165) is 5.69 Å². The Bertz CT molecular complexity index is 366. The van der Waals surface area contributed by atoms with Gasteiger partial charge >= 0.3 is 0 Å². The largest absolute Gasteiger partial charge is 0.368 e. The van der Waals surface area contributed by atoms with Crippen molar-refractivity contribution in [3.8, 4) is 0 Å². The molecule has 0 spiro atoms. The topological polar surface area (TPSA) is 79.6 Å². The third-order valence-electron chi connectivity index (χ3n) is 1.49. The van der Waals surface area contributed by atoms with Crippen LogP contribution in [0.1, 0.15) is 4.88 Å². The number of aromatic nitrogens is 3. The molecular formula is C7H9N5S. The summed E-state index contributed by atoms with van der Waals surface area (Å²) >= 11 is 1.67. The molecule has 68 valence electrons. The van der Waals surface area contributed by atoms with E-state index in [9.17, 15) is 0 Å². The van der Waals surface area contributed by atoms with Crippen molar-refractivity contribution in [3.63, 3.8) is 0 Å². The lowest BCUT2D eigenvalue weighted by molar-refractivity contribution is 1.10. The lowest BCUT2D eigenvalue weighted by atomic mass is 10.4. The van der Waals surface area contributed by atoms with E-state index >= 15 is 0 Å². The van der Waals surface area contributed by atoms with E-state index in [1.54, 1.807) is 11.3 Å². The Kier molecular flexibility index (Phi) is 1.90. The smallest absolute Gasteiger partial charge is 0.248 e. The highest BCUT2D eigenvalue weighted by Gasteiger charge is 2.01. The summed E-state index contributed by atoms with van der Waals surface area (Å²) in [4.78, 5) is 5.16. The number of nitrogen functional groups attached to an aromatic ring is 1. The predicted molar refractivity (Wildman–Crippen MR) is 53.1 cm³/mol. The average molecular weight is 195 g/mol. The van der Waals surface area contributed by atoms with Crippen molar-refractivity contribution in [3.05, 3.63) is 16.3 Å². The van der Waals surface area contributed by atoms with Crippen molar-refractivity contribution in [1.82, 2.24) is 15.2 Å². The Hall–Kier alpha value is -1.56. The van der Waals surface area contributed by atoms with Crippen molar-refractivity contribution in [2.75, 3.05) is 11.1 Å². The monoisotopic (exact) mass is 195 g/mol. The first kappa shape index (κ1) is 8.06. The minimum Gasteiger partial charge on any atom is -0.368 e. The molecule has 13 heavy (non-hydrogen) atoms. The fourth-order valence-electron chi connectivity index (χ4n) is 0.968. The van der Waals surface area contributed by atoms with Crippen LogP contribution in [0.5, 0.6) is 0 Å². The highest BCUT2D eigenvalue weighted by Crippen LogP contribution is 2.20. The number of hydrogen-bond donors (Lipinski definition) is 3. The maximum Gasteiger partial charge on any atom is 0.248 e. The molecule has 0 aliphatic heterocycles. The number of thiophene rings is 1. The van der Waals surface area contributed by atoms with Crippen molar-refractivity contribution in [2.24, 2.45) is 0 Å². The zero-order valence-electron chi connectivity index (χ0n) is 7.03. The van der Waals surface area contributed by atoms with Crippen LogP contribution in [0.4, 0.5) is 17.6 Å². The summed E-state index contributed by atoms with van der Waals surface area (Å²) in [5.74, 6) is 0.810. The molecule has 0 aromatic carbocycles. The molecule has 0 fully saturated rings. The van der Waals surface area contributed by atoms with Crippen LogP contribution in [0, 0.1) is 6.92 Å². The fraction of sp³-hybridized carbons (Fsp3) is 0.143. The normalized spacial score (nSPS) is 10.2. The van der Waals surface area contributed by atoms with Gasteiger partial charge in [-0.2, -0.15) is 4.98 Å². The second kappa shape index (κ2) is 3.06. The minimum absolute atomic E-state index is 0.314. The number of nitrogens with two attached hydrogens (primary N) is 1. The molecule has 0 unspecified atom stereocenters. The highest BCUT2D eigenvalue weighted by atomic mass is 32.1. The van der Waals surface area contributed by atoms with E-state index in [4.69, 9.17) is 5.73 Å². The van der Waals surface area contributed by atoms with E-state index in [-0.39, 0.29) is 0 Å². The predicted octanol–water partition coefficient (Wildman–Crippen LogP) is 1.50. The molecule has 0 aliphatic carbocycles. The summed E-state index contributed by atoms with van der Waals surface area (Å²) in [7, 11) is 0. The van der Waals surface area contributed by atoms with Gasteiger partial charge < -0.3 is 11.1 Å². The molecule has 5 nitrogen and oxygen atoms in total. The number of hydrogen-bond acceptors (Lipinski definition) is 5. The Morgan fingerprint density at radius 3 is 3.00 bits per heavy atom. The first-order chi connectivity index (χ1) is 6.24. The summed E-state index contributed by atoms with van der Waals surface area (Å²) in [6.45, 7) is 2.04. The van der Waals surface area contributed by atoms with Crippen molar-refractivity contribution in [2.45, 2.75) is 6.92 Å². The summed E-state index contributed by atoms with van der Waals surface area (Å²) in [5.41, 5.74) is 6.36. The molecule has 0 bridgehead atoms. The molecule has 2 aromatic heterocycles. The first-order valence-electron chi connectivity index (χ1n) is 3.74. The van der Waals surface area contributed by atoms with Gasteiger partial charge in [0, 0.05) is 10.3 Å². The quantitative estimate of drug-likeness (QED) is 0.678. The Balaban J connectivity index is 2.14. The second-order valence-corrected chi connectivity index (χ2v) is 3.73. The van der Waals surface area contributed by atoms with Crippen LogP contribution in [0.25, 0.3) is 0 Å². The van der Waals surface area contributed by atoms with Crippen LogP contribution in [0.15, 0.2) is 11.4 Å². The standard InChI is InChI=1S/C7H9N5S/c1-4-2-5(3-13-4)9-7-10-6(8)11-12-7/h2-3H,1H3,(H4,8,9,10,11,12). The molecular weight excluding hydrogens is 186 g/mol. The Morgan fingerprint density at radius 1 is 1.62 bits per heavy atom. The minimum atomic E-state index is 0.314. The van der Waals surface area contributed by atoms with E-state index in [1.807, 2.05) is 18.4 Å². The molecule has 0 radical (unpaired) electrons. The summed E-state index contributed by atoms with van der Waals surface area (Å²) in [6, 6.07) is 2.03. The summed E-state index contributed by atoms with van der Waals surface area (Å²) in [5, 5.41) is 11.4. The van der Waals surface area contributed by atoms with Gasteiger partial charge in [0.1, 0.15) is 0 Å². The zero-order chi connectivity index (χ0) is 9.26. The molecule has 2 rings (SSSR count). The average Bonchev–Trinajstić information content (AvgIpc) is 2.62.